The smallest absolute Gasteiger partial charge is 0.302 e. The number of hydrogen-bond donors (Lipinski definition) is 0. The van der Waals surface area contributed by atoms with Gasteiger partial charge in [0, 0.05) is 6.92 Å². The molecule has 0 aromatic rings. The summed E-state index contributed by atoms with van der Waals surface area (Å²) in [6.07, 6.45) is 9.02. The maximum atomic E-state index is 10.9. The maximum absolute atomic E-state index is 10.9. The van der Waals surface area contributed by atoms with Gasteiger partial charge in [-0.2, -0.15) is 0 Å². The molecule has 0 aliphatic carbocycles. The summed E-state index contributed by atoms with van der Waals surface area (Å²) in [5.74, 6) is 0.500. The molecule has 0 heterocycles. The number of hydrogen-bond acceptors (Lipinski definition) is 2. The Bertz CT molecular complexity index is 256. The second-order valence-electron chi connectivity index (χ2n) is 5.09. The van der Waals surface area contributed by atoms with Crippen LogP contribution in [-0.4, -0.2) is 12.1 Å². The SMILES string of the molecule is C/C=C(/CCC)[C@@H](C)CCC[C@@H](CC)OC(C)=O. The van der Waals surface area contributed by atoms with Gasteiger partial charge in [0.15, 0.2) is 0 Å². The van der Waals surface area contributed by atoms with Gasteiger partial charge >= 0.3 is 5.97 Å². The predicted octanol–water partition coefficient (Wildman–Crippen LogP) is 4.88. The molecule has 2 nitrogen and oxygen atoms in total. The summed E-state index contributed by atoms with van der Waals surface area (Å²) in [6.45, 7) is 10.2. The molecule has 106 valence electrons. The van der Waals surface area contributed by atoms with E-state index in [0.717, 1.165) is 19.3 Å². The Morgan fingerprint density at radius 3 is 2.39 bits per heavy atom. The van der Waals surface area contributed by atoms with Crippen LogP contribution < -0.4 is 0 Å². The molecule has 0 saturated heterocycles. The fraction of sp³-hybridized carbons (Fsp3) is 0.812. The molecular weight excluding hydrogens is 224 g/mol. The van der Waals surface area contributed by atoms with Crippen LogP contribution in [0.1, 0.15) is 73.1 Å². The van der Waals surface area contributed by atoms with Gasteiger partial charge in [-0.3, -0.25) is 4.79 Å². The van der Waals surface area contributed by atoms with Crippen LogP contribution in [-0.2, 0) is 9.53 Å². The molecule has 0 aromatic heterocycles. The van der Waals surface area contributed by atoms with Crippen molar-refractivity contribution < 1.29 is 9.53 Å². The van der Waals surface area contributed by atoms with Crippen LogP contribution in [0.3, 0.4) is 0 Å². The number of carbonyl (C=O) groups excluding carboxylic acids is 1. The molecule has 0 rings (SSSR count). The molecule has 0 aliphatic rings. The van der Waals surface area contributed by atoms with Gasteiger partial charge in [-0.25, -0.2) is 0 Å². The average molecular weight is 254 g/mol. The van der Waals surface area contributed by atoms with Gasteiger partial charge < -0.3 is 4.74 Å². The van der Waals surface area contributed by atoms with E-state index in [1.54, 1.807) is 5.57 Å². The van der Waals surface area contributed by atoms with Crippen LogP contribution in [0.4, 0.5) is 0 Å². The van der Waals surface area contributed by atoms with Crippen molar-refractivity contribution in [1.29, 1.82) is 0 Å². The topological polar surface area (TPSA) is 26.3 Å². The van der Waals surface area contributed by atoms with Crippen molar-refractivity contribution in [2.75, 3.05) is 0 Å². The molecule has 0 N–H and O–H groups in total. The van der Waals surface area contributed by atoms with Crippen molar-refractivity contribution in [2.45, 2.75) is 79.2 Å². The average Bonchev–Trinajstić information content (AvgIpc) is 2.33. The summed E-state index contributed by atoms with van der Waals surface area (Å²) in [5, 5.41) is 0. The van der Waals surface area contributed by atoms with Gasteiger partial charge in [0.25, 0.3) is 0 Å². The van der Waals surface area contributed by atoms with E-state index in [-0.39, 0.29) is 12.1 Å². The lowest BCUT2D eigenvalue weighted by Crippen LogP contribution is -2.15. The molecule has 0 fully saturated rings. The summed E-state index contributed by atoms with van der Waals surface area (Å²) >= 11 is 0. The first-order chi connectivity index (χ1) is 8.54. The summed E-state index contributed by atoms with van der Waals surface area (Å²) in [5.41, 5.74) is 1.57. The number of carbonyl (C=O) groups is 1. The summed E-state index contributed by atoms with van der Waals surface area (Å²) in [6, 6.07) is 0. The van der Waals surface area contributed by atoms with E-state index in [0.29, 0.717) is 5.92 Å². The molecule has 0 amide bonds. The third-order valence-electron chi connectivity index (χ3n) is 3.49. The third-order valence-corrected chi connectivity index (χ3v) is 3.49. The zero-order valence-electron chi connectivity index (χ0n) is 12.8. The van der Waals surface area contributed by atoms with Crippen LogP contribution in [0.15, 0.2) is 11.6 Å². The summed E-state index contributed by atoms with van der Waals surface area (Å²) in [4.78, 5) is 10.9. The van der Waals surface area contributed by atoms with Gasteiger partial charge in [-0.1, -0.05) is 38.8 Å². The Morgan fingerprint density at radius 1 is 1.28 bits per heavy atom. The van der Waals surface area contributed by atoms with Crippen molar-refractivity contribution in [1.82, 2.24) is 0 Å². The fourth-order valence-electron chi connectivity index (χ4n) is 2.38. The minimum Gasteiger partial charge on any atom is -0.463 e. The minimum atomic E-state index is -0.157. The highest BCUT2D eigenvalue weighted by atomic mass is 16.5. The van der Waals surface area contributed by atoms with Crippen LogP contribution in [0, 0.1) is 5.92 Å². The molecule has 18 heavy (non-hydrogen) atoms. The lowest BCUT2D eigenvalue weighted by molar-refractivity contribution is -0.146. The molecule has 0 unspecified atom stereocenters. The number of esters is 1. The fourth-order valence-corrected chi connectivity index (χ4v) is 2.38. The van der Waals surface area contributed by atoms with E-state index >= 15 is 0 Å². The highest BCUT2D eigenvalue weighted by molar-refractivity contribution is 5.66. The van der Waals surface area contributed by atoms with E-state index in [1.165, 1.54) is 26.2 Å². The van der Waals surface area contributed by atoms with Crippen molar-refractivity contribution in [3.63, 3.8) is 0 Å². The standard InChI is InChI=1S/C16H30O2/c1-6-10-15(7-2)13(4)11-9-12-16(8-3)18-14(5)17/h7,13,16H,6,8-12H2,1-5H3/b15-7-/t13-,16+/m0/s1. The first-order valence-electron chi connectivity index (χ1n) is 7.37. The molecule has 0 radical (unpaired) electrons. The van der Waals surface area contributed by atoms with Gasteiger partial charge in [-0.05, 0) is 44.9 Å². The van der Waals surface area contributed by atoms with Gasteiger partial charge in [0.1, 0.15) is 6.10 Å². The van der Waals surface area contributed by atoms with Crippen molar-refractivity contribution in [3.8, 4) is 0 Å². The van der Waals surface area contributed by atoms with Crippen LogP contribution >= 0.6 is 0 Å². The van der Waals surface area contributed by atoms with Crippen LogP contribution in [0.25, 0.3) is 0 Å². The Balaban J connectivity index is 3.97. The zero-order valence-corrected chi connectivity index (χ0v) is 12.8. The minimum absolute atomic E-state index is 0.106. The first-order valence-corrected chi connectivity index (χ1v) is 7.37. The van der Waals surface area contributed by atoms with Crippen LogP contribution in [0.2, 0.25) is 0 Å². The highest BCUT2D eigenvalue weighted by Crippen LogP contribution is 2.22. The van der Waals surface area contributed by atoms with E-state index in [9.17, 15) is 4.79 Å². The van der Waals surface area contributed by atoms with E-state index in [1.807, 2.05) is 0 Å². The summed E-state index contributed by atoms with van der Waals surface area (Å²) < 4.78 is 5.26. The predicted molar refractivity (Wildman–Crippen MR) is 77.5 cm³/mol. The van der Waals surface area contributed by atoms with E-state index in [4.69, 9.17) is 4.74 Å². The first kappa shape index (κ1) is 17.2. The number of rotatable bonds is 9. The molecule has 0 aromatic carbocycles. The van der Waals surface area contributed by atoms with Gasteiger partial charge in [-0.15, -0.1) is 0 Å². The quantitative estimate of drug-likeness (QED) is 0.433. The molecule has 0 saturated carbocycles. The largest absolute Gasteiger partial charge is 0.463 e. The van der Waals surface area contributed by atoms with E-state index < -0.39 is 0 Å². The molecule has 2 heteroatoms. The van der Waals surface area contributed by atoms with Gasteiger partial charge in [0.2, 0.25) is 0 Å². The highest BCUT2D eigenvalue weighted by Gasteiger charge is 2.12. The second kappa shape index (κ2) is 10.2. The molecular formula is C16H30O2. The maximum Gasteiger partial charge on any atom is 0.302 e. The molecule has 0 bridgehead atoms. The Morgan fingerprint density at radius 2 is 1.94 bits per heavy atom. The lowest BCUT2D eigenvalue weighted by Gasteiger charge is -2.18. The number of allylic oxidation sites excluding steroid dienone is 2. The third kappa shape index (κ3) is 7.52. The van der Waals surface area contributed by atoms with E-state index in [2.05, 4.69) is 33.8 Å². The van der Waals surface area contributed by atoms with Crippen molar-refractivity contribution in [2.24, 2.45) is 5.92 Å². The molecule has 0 spiro atoms. The Labute approximate surface area is 113 Å². The zero-order chi connectivity index (χ0) is 14.0. The normalized spacial score (nSPS) is 15.3. The Kier molecular flexibility index (Phi) is 9.72. The summed E-state index contributed by atoms with van der Waals surface area (Å²) in [7, 11) is 0. The van der Waals surface area contributed by atoms with Crippen LogP contribution in [0.5, 0.6) is 0 Å². The number of ether oxygens (including phenoxy) is 1. The molecule has 0 aliphatic heterocycles. The van der Waals surface area contributed by atoms with Gasteiger partial charge in [0.05, 0.1) is 0 Å². The van der Waals surface area contributed by atoms with Crippen molar-refractivity contribution in [3.05, 3.63) is 11.6 Å². The molecule has 2 atom stereocenters. The monoisotopic (exact) mass is 254 g/mol. The Hall–Kier alpha value is -0.790. The van der Waals surface area contributed by atoms with Crippen molar-refractivity contribution >= 4 is 5.97 Å². The second-order valence-corrected chi connectivity index (χ2v) is 5.09. The lowest BCUT2D eigenvalue weighted by atomic mass is 9.91.